The van der Waals surface area contributed by atoms with Crippen LogP contribution in [-0.2, 0) is 14.3 Å². The van der Waals surface area contributed by atoms with Crippen molar-refractivity contribution in [2.45, 2.75) is 31.3 Å². The summed E-state index contributed by atoms with van der Waals surface area (Å²) in [7, 11) is -3.70. The molecule has 0 radical (unpaired) electrons. The van der Waals surface area contributed by atoms with E-state index < -0.39 is 10.1 Å². The van der Waals surface area contributed by atoms with Gasteiger partial charge in [0, 0.05) is 0 Å². The molecule has 1 unspecified atom stereocenters. The van der Waals surface area contributed by atoms with E-state index in [0.29, 0.717) is 6.42 Å². The summed E-state index contributed by atoms with van der Waals surface area (Å²) in [6.45, 7) is 3.54. The molecule has 0 aliphatic heterocycles. The summed E-state index contributed by atoms with van der Waals surface area (Å²) in [5, 5.41) is 9.01. The average Bonchev–Trinajstić information content (AvgIpc) is 2.17. The highest BCUT2D eigenvalue weighted by Gasteiger charge is 2.17. The van der Waals surface area contributed by atoms with Crippen molar-refractivity contribution in [1.82, 2.24) is 0 Å². The largest absolute Gasteiger partial charge is 0.508 e. The highest BCUT2D eigenvalue weighted by Crippen LogP contribution is 2.18. The van der Waals surface area contributed by atoms with Crippen LogP contribution < -0.4 is 0 Å². The summed E-state index contributed by atoms with van der Waals surface area (Å²) in [5.74, 6) is 0.0255. The lowest BCUT2D eigenvalue weighted by atomic mass is 10.3. The van der Waals surface area contributed by atoms with Gasteiger partial charge in [-0.1, -0.05) is 6.92 Å². The van der Waals surface area contributed by atoms with Gasteiger partial charge in [-0.3, -0.25) is 4.18 Å². The molecule has 0 aliphatic carbocycles. The minimum absolute atomic E-state index is 0.0255. The summed E-state index contributed by atoms with van der Waals surface area (Å²) < 4.78 is 28.1. The molecule has 0 fully saturated rings. The number of benzene rings is 1. The number of phenols is 1. The first-order valence-corrected chi connectivity index (χ1v) is 6.09. The minimum atomic E-state index is -3.70. The van der Waals surface area contributed by atoms with Crippen LogP contribution in [0, 0.1) is 0 Å². The minimum Gasteiger partial charge on any atom is -0.508 e. The molecule has 0 saturated carbocycles. The Kier molecular flexibility index (Phi) is 3.71. The van der Waals surface area contributed by atoms with Crippen LogP contribution in [0.15, 0.2) is 29.2 Å². The van der Waals surface area contributed by atoms with Crippen molar-refractivity contribution < 1.29 is 17.7 Å². The number of hydrogen-bond acceptors (Lipinski definition) is 4. The molecule has 0 aromatic heterocycles. The predicted octanol–water partition coefficient (Wildman–Crippen LogP) is 1.90. The van der Waals surface area contributed by atoms with Gasteiger partial charge in [0.1, 0.15) is 5.75 Å². The standard InChI is InChI=1S/C10H14O4S/c1-3-8(2)14-15(12,13)10-6-4-9(11)5-7-10/h4-8,11H,3H2,1-2H3. The molecule has 1 aromatic carbocycles. The Morgan fingerprint density at radius 3 is 2.33 bits per heavy atom. The van der Waals surface area contributed by atoms with Gasteiger partial charge < -0.3 is 5.11 Å². The normalized spacial score (nSPS) is 13.7. The Hall–Kier alpha value is -1.07. The van der Waals surface area contributed by atoms with Gasteiger partial charge in [-0.2, -0.15) is 8.42 Å². The maximum Gasteiger partial charge on any atom is 0.297 e. The van der Waals surface area contributed by atoms with Crippen molar-refractivity contribution in [3.8, 4) is 5.75 Å². The summed E-state index contributed by atoms with van der Waals surface area (Å²) in [5.41, 5.74) is 0. The monoisotopic (exact) mass is 230 g/mol. The van der Waals surface area contributed by atoms with E-state index >= 15 is 0 Å². The predicted molar refractivity (Wildman–Crippen MR) is 56.1 cm³/mol. The molecule has 0 spiro atoms. The van der Waals surface area contributed by atoms with E-state index in [1.54, 1.807) is 6.92 Å². The Bertz CT molecular complexity index is 408. The van der Waals surface area contributed by atoms with Gasteiger partial charge in [0.05, 0.1) is 11.0 Å². The molecular formula is C10H14O4S. The Morgan fingerprint density at radius 1 is 1.33 bits per heavy atom. The molecule has 15 heavy (non-hydrogen) atoms. The second-order valence-electron chi connectivity index (χ2n) is 3.26. The molecule has 0 saturated heterocycles. The molecule has 0 amide bonds. The van der Waals surface area contributed by atoms with Crippen molar-refractivity contribution in [2.75, 3.05) is 0 Å². The van der Waals surface area contributed by atoms with Gasteiger partial charge in [0.25, 0.3) is 10.1 Å². The average molecular weight is 230 g/mol. The van der Waals surface area contributed by atoms with Gasteiger partial charge in [0.15, 0.2) is 0 Å². The van der Waals surface area contributed by atoms with Gasteiger partial charge in [0.2, 0.25) is 0 Å². The molecule has 0 aliphatic rings. The smallest absolute Gasteiger partial charge is 0.297 e. The Balaban J connectivity index is 2.91. The first kappa shape index (κ1) is 12.0. The van der Waals surface area contributed by atoms with Crippen molar-refractivity contribution in [3.63, 3.8) is 0 Å². The van der Waals surface area contributed by atoms with Crippen LogP contribution in [0.4, 0.5) is 0 Å². The van der Waals surface area contributed by atoms with Crippen LogP contribution in [0.2, 0.25) is 0 Å². The van der Waals surface area contributed by atoms with E-state index in [2.05, 4.69) is 0 Å². The first-order chi connectivity index (χ1) is 6.95. The van der Waals surface area contributed by atoms with Crippen LogP contribution >= 0.6 is 0 Å². The summed E-state index contributed by atoms with van der Waals surface area (Å²) in [4.78, 5) is 0.0561. The molecule has 5 heteroatoms. The topological polar surface area (TPSA) is 63.6 Å². The van der Waals surface area contributed by atoms with Crippen molar-refractivity contribution in [2.24, 2.45) is 0 Å². The second-order valence-corrected chi connectivity index (χ2v) is 4.84. The Morgan fingerprint density at radius 2 is 1.87 bits per heavy atom. The van der Waals surface area contributed by atoms with Gasteiger partial charge in [-0.25, -0.2) is 0 Å². The third-order valence-corrected chi connectivity index (χ3v) is 3.42. The third-order valence-electron chi connectivity index (χ3n) is 1.99. The summed E-state index contributed by atoms with van der Waals surface area (Å²) >= 11 is 0. The first-order valence-electron chi connectivity index (χ1n) is 4.68. The van der Waals surface area contributed by atoms with E-state index in [0.717, 1.165) is 0 Å². The molecule has 4 nitrogen and oxygen atoms in total. The number of aromatic hydroxyl groups is 1. The number of rotatable bonds is 4. The summed E-state index contributed by atoms with van der Waals surface area (Å²) in [6.07, 6.45) is 0.279. The SMILES string of the molecule is CCC(C)OS(=O)(=O)c1ccc(O)cc1. The highest BCUT2D eigenvalue weighted by molar-refractivity contribution is 7.86. The van der Waals surface area contributed by atoms with Gasteiger partial charge in [-0.15, -0.1) is 0 Å². The molecule has 0 bridgehead atoms. The zero-order valence-electron chi connectivity index (χ0n) is 8.67. The second kappa shape index (κ2) is 4.63. The van der Waals surface area contributed by atoms with Crippen molar-refractivity contribution in [3.05, 3.63) is 24.3 Å². The number of phenolic OH excluding ortho intramolecular Hbond substituents is 1. The molecule has 1 aromatic rings. The van der Waals surface area contributed by atoms with Crippen LogP contribution in [0.1, 0.15) is 20.3 Å². The zero-order chi connectivity index (χ0) is 11.5. The van der Waals surface area contributed by atoms with Crippen molar-refractivity contribution in [1.29, 1.82) is 0 Å². The molecule has 0 heterocycles. The van der Waals surface area contributed by atoms with Crippen LogP contribution in [-0.4, -0.2) is 19.6 Å². The number of hydrogen-bond donors (Lipinski definition) is 1. The molecule has 1 N–H and O–H groups in total. The highest BCUT2D eigenvalue weighted by atomic mass is 32.2. The third kappa shape index (κ3) is 3.21. The molecular weight excluding hydrogens is 216 g/mol. The maximum atomic E-state index is 11.6. The van der Waals surface area contributed by atoms with Crippen LogP contribution in [0.5, 0.6) is 5.75 Å². The zero-order valence-corrected chi connectivity index (χ0v) is 9.49. The van der Waals surface area contributed by atoms with Crippen LogP contribution in [0.3, 0.4) is 0 Å². The van der Waals surface area contributed by atoms with Gasteiger partial charge in [-0.05, 0) is 37.6 Å². The van der Waals surface area contributed by atoms with E-state index in [9.17, 15) is 8.42 Å². The lowest BCUT2D eigenvalue weighted by Gasteiger charge is -2.10. The fourth-order valence-electron chi connectivity index (χ4n) is 0.953. The van der Waals surface area contributed by atoms with Gasteiger partial charge >= 0.3 is 0 Å². The quantitative estimate of drug-likeness (QED) is 0.802. The summed E-state index contributed by atoms with van der Waals surface area (Å²) in [6, 6.07) is 5.25. The van der Waals surface area contributed by atoms with Crippen LogP contribution in [0.25, 0.3) is 0 Å². The van der Waals surface area contributed by atoms with Crippen molar-refractivity contribution >= 4 is 10.1 Å². The van der Waals surface area contributed by atoms with E-state index in [1.807, 2.05) is 6.92 Å². The fourth-order valence-corrected chi connectivity index (χ4v) is 2.10. The fraction of sp³-hybridized carbons (Fsp3) is 0.400. The maximum absolute atomic E-state index is 11.6. The van der Waals surface area contributed by atoms with E-state index in [1.165, 1.54) is 24.3 Å². The lowest BCUT2D eigenvalue weighted by Crippen LogP contribution is -2.14. The molecule has 1 atom stereocenters. The Labute approximate surface area is 89.6 Å². The van der Waals surface area contributed by atoms with E-state index in [-0.39, 0.29) is 16.7 Å². The van der Waals surface area contributed by atoms with E-state index in [4.69, 9.17) is 9.29 Å². The molecule has 84 valence electrons. The molecule has 1 rings (SSSR count). The lowest BCUT2D eigenvalue weighted by molar-refractivity contribution is 0.224.